The van der Waals surface area contributed by atoms with Crippen molar-refractivity contribution in [2.45, 2.75) is 58.1 Å². The van der Waals surface area contributed by atoms with E-state index in [1.54, 1.807) is 6.92 Å². The number of carbonyl (C=O) groups is 1. The number of ether oxygens (including phenoxy) is 1. The van der Waals surface area contributed by atoms with Gasteiger partial charge in [-0.25, -0.2) is 0 Å². The van der Waals surface area contributed by atoms with E-state index in [0.29, 0.717) is 6.54 Å². The van der Waals surface area contributed by atoms with Crippen LogP contribution >= 0.6 is 0 Å². The molecule has 116 valence electrons. The summed E-state index contributed by atoms with van der Waals surface area (Å²) in [6.07, 6.45) is 4.81. The highest BCUT2D eigenvalue weighted by molar-refractivity contribution is 5.80. The number of hydrogen-bond acceptors (Lipinski definition) is 3. The van der Waals surface area contributed by atoms with Gasteiger partial charge in [-0.3, -0.25) is 4.79 Å². The molecular weight excluding hydrogens is 264 g/mol. The number of carbonyl (C=O) groups excluding carboxylic acids is 1. The fourth-order valence-electron chi connectivity index (χ4n) is 2.68. The summed E-state index contributed by atoms with van der Waals surface area (Å²) in [5.41, 5.74) is 8.62. The third-order valence-electron chi connectivity index (χ3n) is 3.99. The molecule has 0 saturated carbocycles. The molecule has 2 atom stereocenters. The Bertz CT molecular complexity index is 488. The van der Waals surface area contributed by atoms with Gasteiger partial charge in [0.1, 0.15) is 5.75 Å². The molecule has 1 aromatic carbocycles. The second kappa shape index (κ2) is 7.46. The molecule has 0 aliphatic heterocycles. The van der Waals surface area contributed by atoms with Gasteiger partial charge < -0.3 is 15.8 Å². The van der Waals surface area contributed by atoms with E-state index in [-0.39, 0.29) is 11.9 Å². The highest BCUT2D eigenvalue weighted by Gasteiger charge is 2.19. The number of nitrogens with two attached hydrogens (primary N) is 1. The molecule has 1 aliphatic carbocycles. The van der Waals surface area contributed by atoms with E-state index in [1.165, 1.54) is 5.56 Å². The molecule has 1 aliphatic rings. The number of rotatable bonds is 6. The lowest BCUT2D eigenvalue weighted by Gasteiger charge is -2.23. The molecule has 0 aromatic heterocycles. The van der Waals surface area contributed by atoms with Crippen molar-refractivity contribution in [2.24, 2.45) is 5.73 Å². The number of nitrogens with one attached hydrogen (secondary N) is 1. The van der Waals surface area contributed by atoms with Crippen LogP contribution in [0.3, 0.4) is 0 Å². The first-order chi connectivity index (χ1) is 10.1. The van der Waals surface area contributed by atoms with Gasteiger partial charge in [-0.15, -0.1) is 0 Å². The number of benzene rings is 1. The summed E-state index contributed by atoms with van der Waals surface area (Å²) < 4.78 is 5.75. The SMILES string of the molecule is CCCCNC(=O)C(C)Oc1ccc2c(c1)C(N)CCC2. The molecule has 2 rings (SSSR count). The quantitative estimate of drug-likeness (QED) is 0.792. The Morgan fingerprint density at radius 1 is 1.52 bits per heavy atom. The first kappa shape index (κ1) is 15.8. The smallest absolute Gasteiger partial charge is 0.260 e. The van der Waals surface area contributed by atoms with Crippen LogP contribution in [0.25, 0.3) is 0 Å². The van der Waals surface area contributed by atoms with E-state index in [0.717, 1.165) is 43.4 Å². The minimum atomic E-state index is -0.486. The highest BCUT2D eigenvalue weighted by atomic mass is 16.5. The lowest BCUT2D eigenvalue weighted by molar-refractivity contribution is -0.127. The van der Waals surface area contributed by atoms with Gasteiger partial charge in [0, 0.05) is 12.6 Å². The summed E-state index contributed by atoms with van der Waals surface area (Å²) in [4.78, 5) is 11.9. The van der Waals surface area contributed by atoms with E-state index in [2.05, 4.69) is 18.3 Å². The van der Waals surface area contributed by atoms with Crippen LogP contribution in [-0.4, -0.2) is 18.6 Å². The zero-order valence-electron chi connectivity index (χ0n) is 13.0. The van der Waals surface area contributed by atoms with Gasteiger partial charge in [0.15, 0.2) is 6.10 Å². The second-order valence-corrected chi connectivity index (χ2v) is 5.76. The zero-order chi connectivity index (χ0) is 15.2. The molecule has 3 N–H and O–H groups in total. The predicted molar refractivity (Wildman–Crippen MR) is 84.3 cm³/mol. The van der Waals surface area contributed by atoms with Gasteiger partial charge in [-0.2, -0.15) is 0 Å². The summed E-state index contributed by atoms with van der Waals surface area (Å²) >= 11 is 0. The summed E-state index contributed by atoms with van der Waals surface area (Å²) in [5, 5.41) is 2.89. The van der Waals surface area contributed by atoms with Crippen LogP contribution < -0.4 is 15.8 Å². The summed E-state index contributed by atoms with van der Waals surface area (Å²) in [5.74, 6) is 0.662. The van der Waals surface area contributed by atoms with Crippen molar-refractivity contribution in [3.8, 4) is 5.75 Å². The normalized spacial score (nSPS) is 18.7. The fourth-order valence-corrected chi connectivity index (χ4v) is 2.68. The van der Waals surface area contributed by atoms with Crippen LogP contribution in [0.4, 0.5) is 0 Å². The maximum atomic E-state index is 11.9. The molecule has 21 heavy (non-hydrogen) atoms. The Morgan fingerprint density at radius 2 is 2.33 bits per heavy atom. The molecule has 0 radical (unpaired) electrons. The van der Waals surface area contributed by atoms with Crippen molar-refractivity contribution < 1.29 is 9.53 Å². The van der Waals surface area contributed by atoms with E-state index in [4.69, 9.17) is 10.5 Å². The van der Waals surface area contributed by atoms with E-state index in [1.807, 2.05) is 12.1 Å². The lowest BCUT2D eigenvalue weighted by atomic mass is 9.88. The standard InChI is InChI=1S/C17H26N2O2/c1-3-4-10-19-17(20)12(2)21-14-9-8-13-6-5-7-16(18)15(13)11-14/h8-9,11-12,16H,3-7,10,18H2,1-2H3,(H,19,20). The van der Waals surface area contributed by atoms with Crippen LogP contribution in [-0.2, 0) is 11.2 Å². The largest absolute Gasteiger partial charge is 0.481 e. The monoisotopic (exact) mass is 290 g/mol. The Hall–Kier alpha value is -1.55. The summed E-state index contributed by atoms with van der Waals surface area (Å²) in [6, 6.07) is 6.10. The minimum absolute atomic E-state index is 0.0644. The maximum absolute atomic E-state index is 11.9. The van der Waals surface area contributed by atoms with Crippen LogP contribution in [0.2, 0.25) is 0 Å². The minimum Gasteiger partial charge on any atom is -0.481 e. The summed E-state index contributed by atoms with van der Waals surface area (Å²) in [7, 11) is 0. The Morgan fingerprint density at radius 3 is 3.10 bits per heavy atom. The van der Waals surface area contributed by atoms with Gasteiger partial charge in [-0.05, 0) is 55.9 Å². The lowest BCUT2D eigenvalue weighted by Crippen LogP contribution is -2.36. The van der Waals surface area contributed by atoms with Gasteiger partial charge in [0.2, 0.25) is 0 Å². The van der Waals surface area contributed by atoms with Crippen LogP contribution in [0.1, 0.15) is 56.7 Å². The molecule has 4 nitrogen and oxygen atoms in total. The first-order valence-electron chi connectivity index (χ1n) is 7.94. The van der Waals surface area contributed by atoms with Crippen molar-refractivity contribution in [3.63, 3.8) is 0 Å². The average Bonchev–Trinajstić information content (AvgIpc) is 2.48. The van der Waals surface area contributed by atoms with Crippen LogP contribution in [0, 0.1) is 0 Å². The van der Waals surface area contributed by atoms with Gasteiger partial charge in [0.05, 0.1) is 0 Å². The van der Waals surface area contributed by atoms with Crippen molar-refractivity contribution in [2.75, 3.05) is 6.54 Å². The number of fused-ring (bicyclic) bond motifs is 1. The molecule has 1 aromatic rings. The van der Waals surface area contributed by atoms with Crippen molar-refractivity contribution in [1.82, 2.24) is 5.32 Å². The highest BCUT2D eigenvalue weighted by Crippen LogP contribution is 2.31. The van der Waals surface area contributed by atoms with E-state index >= 15 is 0 Å². The van der Waals surface area contributed by atoms with E-state index < -0.39 is 6.10 Å². The van der Waals surface area contributed by atoms with Crippen molar-refractivity contribution in [1.29, 1.82) is 0 Å². The third kappa shape index (κ3) is 4.21. The molecule has 0 bridgehead atoms. The average molecular weight is 290 g/mol. The molecular formula is C17H26N2O2. The predicted octanol–water partition coefficient (Wildman–Crippen LogP) is 2.71. The zero-order valence-corrected chi connectivity index (χ0v) is 13.0. The van der Waals surface area contributed by atoms with Crippen LogP contribution in [0.15, 0.2) is 18.2 Å². The first-order valence-corrected chi connectivity index (χ1v) is 7.94. The molecule has 0 fully saturated rings. The van der Waals surface area contributed by atoms with Gasteiger partial charge in [0.25, 0.3) is 5.91 Å². The van der Waals surface area contributed by atoms with Crippen molar-refractivity contribution in [3.05, 3.63) is 29.3 Å². The van der Waals surface area contributed by atoms with Crippen LogP contribution in [0.5, 0.6) is 5.75 Å². The Labute approximate surface area is 127 Å². The molecule has 2 unspecified atom stereocenters. The number of amides is 1. The third-order valence-corrected chi connectivity index (χ3v) is 3.99. The fraction of sp³-hybridized carbons (Fsp3) is 0.588. The molecule has 0 heterocycles. The van der Waals surface area contributed by atoms with Crippen molar-refractivity contribution >= 4 is 5.91 Å². The number of unbranched alkanes of at least 4 members (excludes halogenated alkanes) is 1. The summed E-state index contributed by atoms with van der Waals surface area (Å²) in [6.45, 7) is 4.58. The van der Waals surface area contributed by atoms with Gasteiger partial charge in [-0.1, -0.05) is 19.4 Å². The molecule has 4 heteroatoms. The van der Waals surface area contributed by atoms with E-state index in [9.17, 15) is 4.79 Å². The molecule has 0 spiro atoms. The topological polar surface area (TPSA) is 64.3 Å². The molecule has 1 amide bonds. The van der Waals surface area contributed by atoms with Gasteiger partial charge >= 0.3 is 0 Å². The Balaban J connectivity index is 1.96. The number of aryl methyl sites for hydroxylation is 1. The Kier molecular flexibility index (Phi) is 5.62. The second-order valence-electron chi connectivity index (χ2n) is 5.76. The maximum Gasteiger partial charge on any atom is 0.260 e. The number of hydrogen-bond donors (Lipinski definition) is 2. The molecule has 0 saturated heterocycles.